The second kappa shape index (κ2) is 11.0. The Morgan fingerprint density at radius 3 is 2.52 bits per heavy atom. The van der Waals surface area contributed by atoms with Crippen molar-refractivity contribution in [3.05, 3.63) is 81.9 Å². The van der Waals surface area contributed by atoms with Crippen LogP contribution in [0.5, 0.6) is 11.5 Å². The van der Waals surface area contributed by atoms with E-state index in [9.17, 15) is 15.2 Å². The second-order valence-corrected chi connectivity index (χ2v) is 12.1. The van der Waals surface area contributed by atoms with E-state index in [1.807, 2.05) is 13.8 Å². The molecule has 0 radical (unpaired) electrons. The van der Waals surface area contributed by atoms with Gasteiger partial charge in [-0.1, -0.05) is 31.2 Å². The van der Waals surface area contributed by atoms with Crippen LogP contribution in [0.25, 0.3) is 11.1 Å². The monoisotopic (exact) mass is 537 g/mol. The molecule has 0 heterocycles. The lowest BCUT2D eigenvalue weighted by Crippen LogP contribution is -2.10. The number of nitrogens with zero attached hydrogens (tertiary/aromatic N) is 1. The van der Waals surface area contributed by atoms with Crippen LogP contribution in [0.15, 0.2) is 48.5 Å². The fourth-order valence-corrected chi connectivity index (χ4v) is 6.43. The number of carboxylic acids is 1. The molecule has 1 fully saturated rings. The fourth-order valence-electron chi connectivity index (χ4n) is 6.43. The molecule has 3 aromatic carbocycles. The first-order valence-corrected chi connectivity index (χ1v) is 14.4. The molecule has 5 nitrogen and oxygen atoms in total. The Morgan fingerprint density at radius 2 is 1.85 bits per heavy atom. The minimum atomic E-state index is -0.664. The summed E-state index contributed by atoms with van der Waals surface area (Å²) in [7, 11) is 0. The molecule has 0 saturated heterocycles. The van der Waals surface area contributed by atoms with Crippen molar-refractivity contribution in [2.24, 2.45) is 17.3 Å². The summed E-state index contributed by atoms with van der Waals surface area (Å²) in [6.45, 7) is 11.4. The van der Waals surface area contributed by atoms with Crippen molar-refractivity contribution < 1.29 is 19.4 Å². The predicted octanol–water partition coefficient (Wildman–Crippen LogP) is 7.79. The van der Waals surface area contributed by atoms with Gasteiger partial charge in [0.1, 0.15) is 18.1 Å². The summed E-state index contributed by atoms with van der Waals surface area (Å²) in [4.78, 5) is 11.5. The highest BCUT2D eigenvalue weighted by atomic mass is 16.5. The normalized spacial score (nSPS) is 18.9. The number of carbonyl (C=O) groups is 1. The van der Waals surface area contributed by atoms with Crippen LogP contribution in [0.2, 0.25) is 0 Å². The summed E-state index contributed by atoms with van der Waals surface area (Å²) >= 11 is 0. The molecule has 0 spiro atoms. The summed E-state index contributed by atoms with van der Waals surface area (Å²) in [5.74, 6) is 1.34. The summed E-state index contributed by atoms with van der Waals surface area (Å²) in [5.41, 5.74) is 9.08. The van der Waals surface area contributed by atoms with Crippen molar-refractivity contribution in [1.82, 2.24) is 0 Å². The van der Waals surface area contributed by atoms with Gasteiger partial charge in [-0.2, -0.15) is 5.26 Å². The maximum Gasteiger partial charge on any atom is 0.307 e. The molecule has 2 aliphatic carbocycles. The average Bonchev–Trinajstić information content (AvgIpc) is 3.52. The van der Waals surface area contributed by atoms with Crippen LogP contribution in [0.3, 0.4) is 0 Å². The third-order valence-corrected chi connectivity index (χ3v) is 8.61. The van der Waals surface area contributed by atoms with Gasteiger partial charge in [-0.25, -0.2) is 0 Å². The molecule has 208 valence electrons. The Bertz CT molecular complexity index is 1460. The number of aryl methyl sites for hydroxylation is 3. The van der Waals surface area contributed by atoms with Crippen LogP contribution in [0, 0.1) is 42.4 Å². The van der Waals surface area contributed by atoms with E-state index in [1.165, 1.54) is 16.7 Å². The van der Waals surface area contributed by atoms with E-state index in [1.54, 1.807) is 0 Å². The van der Waals surface area contributed by atoms with Crippen LogP contribution < -0.4 is 9.47 Å². The topological polar surface area (TPSA) is 79.5 Å². The zero-order valence-corrected chi connectivity index (χ0v) is 24.2. The summed E-state index contributed by atoms with van der Waals surface area (Å²) in [6.07, 6.45) is 3.34. The number of rotatable bonds is 11. The molecular weight excluding hydrogens is 498 g/mol. The molecule has 2 aliphatic rings. The minimum absolute atomic E-state index is 0.183. The van der Waals surface area contributed by atoms with Crippen LogP contribution in [0.4, 0.5) is 0 Å². The van der Waals surface area contributed by atoms with E-state index in [2.05, 4.69) is 75.4 Å². The molecule has 1 saturated carbocycles. The Labute approximate surface area is 237 Å². The van der Waals surface area contributed by atoms with E-state index in [-0.39, 0.29) is 23.2 Å². The molecule has 0 aromatic heterocycles. The van der Waals surface area contributed by atoms with Gasteiger partial charge in [0.05, 0.1) is 24.0 Å². The summed E-state index contributed by atoms with van der Waals surface area (Å²) in [6, 6.07) is 19.4. The number of fused-ring (bicyclic) bond motifs is 3. The number of nitriles is 1. The van der Waals surface area contributed by atoms with Gasteiger partial charge in [-0.3, -0.25) is 4.79 Å². The number of benzene rings is 3. The van der Waals surface area contributed by atoms with Gasteiger partial charge in [0.2, 0.25) is 0 Å². The molecule has 0 bridgehead atoms. The standard InChI is InChI=1S/C35H39NO4/c1-6-24-16-28-26(17-29-32(28)33(29)34(37)38)18-30(24)40-19-23-9-7-10-25(15-23)31-21(2)13-27(14-22(31)3)39-12-8-11-35(4,5)20-36/h7,9-10,13-16,18,29,32-33H,6,8,11-12,17,19H2,1-5H3,(H,37,38). The lowest BCUT2D eigenvalue weighted by Gasteiger charge is -2.17. The van der Waals surface area contributed by atoms with Crippen LogP contribution >= 0.6 is 0 Å². The first kappa shape index (κ1) is 27.8. The first-order chi connectivity index (χ1) is 19.1. The van der Waals surface area contributed by atoms with Crippen molar-refractivity contribution in [1.29, 1.82) is 5.26 Å². The van der Waals surface area contributed by atoms with Gasteiger partial charge in [-0.15, -0.1) is 0 Å². The lowest BCUT2D eigenvalue weighted by atomic mass is 9.90. The van der Waals surface area contributed by atoms with Crippen molar-refractivity contribution in [3.8, 4) is 28.7 Å². The van der Waals surface area contributed by atoms with E-state index >= 15 is 0 Å². The van der Waals surface area contributed by atoms with E-state index in [0.717, 1.165) is 65.0 Å². The largest absolute Gasteiger partial charge is 0.494 e. The Morgan fingerprint density at radius 1 is 1.10 bits per heavy atom. The summed E-state index contributed by atoms with van der Waals surface area (Å²) < 4.78 is 12.4. The van der Waals surface area contributed by atoms with Gasteiger partial charge in [0.25, 0.3) is 0 Å². The number of ether oxygens (including phenoxy) is 2. The van der Waals surface area contributed by atoms with E-state index in [4.69, 9.17) is 9.47 Å². The Balaban J connectivity index is 1.26. The SMILES string of the molecule is CCc1cc2c(cc1OCc1cccc(-c3c(C)cc(OCCCC(C)(C)C#N)cc3C)c1)CC1C(C(=O)O)C21. The molecule has 3 aromatic rings. The maximum absolute atomic E-state index is 11.5. The molecule has 3 atom stereocenters. The molecule has 0 amide bonds. The molecule has 5 rings (SSSR count). The number of hydrogen-bond donors (Lipinski definition) is 1. The molecule has 3 unspecified atom stereocenters. The second-order valence-electron chi connectivity index (χ2n) is 12.1. The number of hydrogen-bond acceptors (Lipinski definition) is 4. The van der Waals surface area contributed by atoms with Crippen molar-refractivity contribution in [2.45, 2.75) is 72.8 Å². The fraction of sp³-hybridized carbons (Fsp3) is 0.429. The van der Waals surface area contributed by atoms with Crippen molar-refractivity contribution in [3.63, 3.8) is 0 Å². The number of carboxylic acid groups (broad SMARTS) is 1. The molecule has 0 aliphatic heterocycles. The molecular formula is C35H39NO4. The van der Waals surface area contributed by atoms with Crippen molar-refractivity contribution in [2.75, 3.05) is 6.61 Å². The zero-order chi connectivity index (χ0) is 28.6. The van der Waals surface area contributed by atoms with Gasteiger partial charge < -0.3 is 14.6 Å². The maximum atomic E-state index is 11.5. The molecule has 40 heavy (non-hydrogen) atoms. The Hall–Kier alpha value is -3.78. The third-order valence-electron chi connectivity index (χ3n) is 8.61. The van der Waals surface area contributed by atoms with Crippen LogP contribution in [0.1, 0.15) is 72.9 Å². The van der Waals surface area contributed by atoms with Gasteiger partial charge in [-0.05, 0) is 128 Å². The van der Waals surface area contributed by atoms with Crippen LogP contribution in [-0.2, 0) is 24.2 Å². The minimum Gasteiger partial charge on any atom is -0.494 e. The molecule has 1 N–H and O–H groups in total. The van der Waals surface area contributed by atoms with E-state index in [0.29, 0.717) is 13.2 Å². The van der Waals surface area contributed by atoms with Gasteiger partial charge in [0, 0.05) is 5.92 Å². The van der Waals surface area contributed by atoms with Gasteiger partial charge in [0.15, 0.2) is 0 Å². The predicted molar refractivity (Wildman–Crippen MR) is 157 cm³/mol. The highest BCUT2D eigenvalue weighted by Gasteiger charge is 2.59. The lowest BCUT2D eigenvalue weighted by molar-refractivity contribution is -0.139. The first-order valence-electron chi connectivity index (χ1n) is 14.4. The van der Waals surface area contributed by atoms with Crippen molar-refractivity contribution >= 4 is 5.97 Å². The number of aliphatic carboxylic acids is 1. The quantitative estimate of drug-likeness (QED) is 0.253. The van der Waals surface area contributed by atoms with E-state index < -0.39 is 5.97 Å². The third kappa shape index (κ3) is 5.59. The average molecular weight is 538 g/mol. The van der Waals surface area contributed by atoms with Crippen LogP contribution in [-0.4, -0.2) is 17.7 Å². The molecule has 5 heteroatoms. The van der Waals surface area contributed by atoms with Gasteiger partial charge >= 0.3 is 5.97 Å². The Kier molecular flexibility index (Phi) is 7.64. The smallest absolute Gasteiger partial charge is 0.307 e. The highest BCUT2D eigenvalue weighted by molar-refractivity contribution is 5.78. The summed E-state index contributed by atoms with van der Waals surface area (Å²) in [5, 5.41) is 18.7. The highest BCUT2D eigenvalue weighted by Crippen LogP contribution is 2.62. The zero-order valence-electron chi connectivity index (χ0n) is 24.2.